The molecule has 1 N–H and O–H groups in total. The summed E-state index contributed by atoms with van der Waals surface area (Å²) in [5.41, 5.74) is 2.81. The predicted molar refractivity (Wildman–Crippen MR) is 142 cm³/mol. The van der Waals surface area contributed by atoms with Crippen LogP contribution in [0.5, 0.6) is 0 Å². The Balaban J connectivity index is 1.19. The standard InChI is InChI=1S/C27H30FN5O3S/c1-20(33-14-4-5-21-19-22(28)7-12-25(21)33)27(34)32-17-15-31(16-18-32)23-8-10-24(11-9-23)37(35,36)30-26-6-2-3-13-29-26/h2-3,6-13,19-20H,4-5,14-18H2,1H3,(H,29,30)/t20-/m0/s1. The molecule has 1 atom stereocenters. The van der Waals surface area contributed by atoms with Crippen molar-refractivity contribution in [2.75, 3.05) is 47.2 Å². The SMILES string of the molecule is C[C@@H](C(=O)N1CCN(c2ccc(S(=O)(=O)Nc3ccccn3)cc2)CC1)N1CCCc2cc(F)ccc21. The van der Waals surface area contributed by atoms with E-state index in [9.17, 15) is 17.6 Å². The molecule has 3 aromatic rings. The van der Waals surface area contributed by atoms with Crippen LogP contribution < -0.4 is 14.5 Å². The topological polar surface area (TPSA) is 85.8 Å². The van der Waals surface area contributed by atoms with Gasteiger partial charge in [0.05, 0.1) is 4.90 Å². The zero-order valence-electron chi connectivity index (χ0n) is 20.7. The van der Waals surface area contributed by atoms with E-state index in [0.717, 1.165) is 36.3 Å². The second-order valence-electron chi connectivity index (χ2n) is 9.37. The summed E-state index contributed by atoms with van der Waals surface area (Å²) in [7, 11) is -3.73. The average Bonchev–Trinajstić information content (AvgIpc) is 2.92. The maximum Gasteiger partial charge on any atom is 0.263 e. The first kappa shape index (κ1) is 25.0. The smallest absolute Gasteiger partial charge is 0.263 e. The first-order valence-corrected chi connectivity index (χ1v) is 13.9. The average molecular weight is 524 g/mol. The van der Waals surface area contributed by atoms with Gasteiger partial charge >= 0.3 is 0 Å². The number of carbonyl (C=O) groups excluding carboxylic acids is 1. The third-order valence-corrected chi connectivity index (χ3v) is 8.40. The number of aryl methyl sites for hydroxylation is 1. The third-order valence-electron chi connectivity index (χ3n) is 7.03. The molecule has 1 aromatic heterocycles. The van der Waals surface area contributed by atoms with Gasteiger partial charge in [-0.15, -0.1) is 0 Å². The lowest BCUT2D eigenvalue weighted by Gasteiger charge is -2.41. The van der Waals surface area contributed by atoms with Crippen molar-refractivity contribution in [3.63, 3.8) is 0 Å². The van der Waals surface area contributed by atoms with Crippen LogP contribution in [0.4, 0.5) is 21.6 Å². The molecule has 0 spiro atoms. The molecule has 0 aliphatic carbocycles. The fourth-order valence-corrected chi connectivity index (χ4v) is 6.04. The Morgan fingerprint density at radius 3 is 2.46 bits per heavy atom. The maximum atomic E-state index is 13.7. The zero-order chi connectivity index (χ0) is 26.0. The van der Waals surface area contributed by atoms with Crippen molar-refractivity contribution in [1.29, 1.82) is 0 Å². The molecule has 5 rings (SSSR count). The van der Waals surface area contributed by atoms with Gasteiger partial charge < -0.3 is 14.7 Å². The zero-order valence-corrected chi connectivity index (χ0v) is 21.5. The Bertz CT molecular complexity index is 1360. The van der Waals surface area contributed by atoms with Crippen LogP contribution in [0.1, 0.15) is 18.9 Å². The molecule has 1 saturated heterocycles. The Morgan fingerprint density at radius 2 is 1.76 bits per heavy atom. The van der Waals surface area contributed by atoms with Crippen molar-refractivity contribution >= 4 is 33.1 Å². The number of rotatable bonds is 6. The van der Waals surface area contributed by atoms with Crippen LogP contribution in [0, 0.1) is 5.82 Å². The molecule has 194 valence electrons. The molecule has 2 aromatic carbocycles. The van der Waals surface area contributed by atoms with E-state index in [2.05, 4.69) is 19.5 Å². The van der Waals surface area contributed by atoms with E-state index in [1.807, 2.05) is 11.8 Å². The Morgan fingerprint density at radius 1 is 1.00 bits per heavy atom. The van der Waals surface area contributed by atoms with E-state index in [1.54, 1.807) is 54.6 Å². The molecular weight excluding hydrogens is 493 g/mol. The molecule has 1 amide bonds. The van der Waals surface area contributed by atoms with Crippen molar-refractivity contribution in [2.24, 2.45) is 0 Å². The molecule has 0 radical (unpaired) electrons. The van der Waals surface area contributed by atoms with Gasteiger partial charge in [0, 0.05) is 50.3 Å². The summed E-state index contributed by atoms with van der Waals surface area (Å²) in [6, 6.07) is 16.2. The monoisotopic (exact) mass is 523 g/mol. The second-order valence-corrected chi connectivity index (χ2v) is 11.1. The van der Waals surface area contributed by atoms with Crippen molar-refractivity contribution in [1.82, 2.24) is 9.88 Å². The summed E-state index contributed by atoms with van der Waals surface area (Å²) in [6.07, 6.45) is 3.24. The molecule has 2 aliphatic heterocycles. The van der Waals surface area contributed by atoms with E-state index < -0.39 is 10.0 Å². The number of piperazine rings is 1. The van der Waals surface area contributed by atoms with Gasteiger partial charge in [0.15, 0.2) is 0 Å². The summed E-state index contributed by atoms with van der Waals surface area (Å²) in [6.45, 7) is 5.15. The van der Waals surface area contributed by atoms with Gasteiger partial charge in [-0.3, -0.25) is 9.52 Å². The summed E-state index contributed by atoms with van der Waals surface area (Å²) in [5.74, 6) is 0.0893. The van der Waals surface area contributed by atoms with E-state index in [0.29, 0.717) is 26.2 Å². The lowest BCUT2D eigenvalue weighted by atomic mass is 9.99. The van der Waals surface area contributed by atoms with Crippen LogP contribution in [-0.4, -0.2) is 63.0 Å². The van der Waals surface area contributed by atoms with Gasteiger partial charge in [-0.25, -0.2) is 17.8 Å². The van der Waals surface area contributed by atoms with Crippen LogP contribution in [0.15, 0.2) is 71.8 Å². The number of hydrogen-bond donors (Lipinski definition) is 1. The minimum Gasteiger partial charge on any atom is -0.368 e. The predicted octanol–water partition coefficient (Wildman–Crippen LogP) is 3.51. The highest BCUT2D eigenvalue weighted by atomic mass is 32.2. The highest BCUT2D eigenvalue weighted by molar-refractivity contribution is 7.92. The highest BCUT2D eigenvalue weighted by Crippen LogP contribution is 2.30. The third kappa shape index (κ3) is 5.39. The number of amides is 1. The number of pyridine rings is 1. The summed E-state index contributed by atoms with van der Waals surface area (Å²) < 4.78 is 41.5. The number of nitrogens with zero attached hydrogens (tertiary/aromatic N) is 4. The Kier molecular flexibility index (Phi) is 7.01. The number of fused-ring (bicyclic) bond motifs is 1. The van der Waals surface area contributed by atoms with Crippen LogP contribution >= 0.6 is 0 Å². The number of aromatic nitrogens is 1. The molecular formula is C27H30FN5O3S. The summed E-state index contributed by atoms with van der Waals surface area (Å²) in [5, 5.41) is 0. The summed E-state index contributed by atoms with van der Waals surface area (Å²) >= 11 is 0. The van der Waals surface area contributed by atoms with Crippen LogP contribution in [0.25, 0.3) is 0 Å². The molecule has 10 heteroatoms. The first-order valence-electron chi connectivity index (χ1n) is 12.4. The molecule has 0 bridgehead atoms. The van der Waals surface area contributed by atoms with Gasteiger partial charge in [-0.2, -0.15) is 0 Å². The second kappa shape index (κ2) is 10.4. The fraction of sp³-hybridized carbons (Fsp3) is 0.333. The van der Waals surface area contributed by atoms with E-state index in [1.165, 1.54) is 12.3 Å². The van der Waals surface area contributed by atoms with E-state index in [4.69, 9.17) is 0 Å². The number of anilines is 3. The van der Waals surface area contributed by atoms with Crippen molar-refractivity contribution < 1.29 is 17.6 Å². The van der Waals surface area contributed by atoms with Gasteiger partial charge in [0.25, 0.3) is 10.0 Å². The van der Waals surface area contributed by atoms with E-state index >= 15 is 0 Å². The van der Waals surface area contributed by atoms with Crippen LogP contribution in [0.2, 0.25) is 0 Å². The summed E-state index contributed by atoms with van der Waals surface area (Å²) in [4.78, 5) is 23.6. The molecule has 0 saturated carbocycles. The number of benzene rings is 2. The van der Waals surface area contributed by atoms with Crippen molar-refractivity contribution in [3.8, 4) is 0 Å². The number of carbonyl (C=O) groups is 1. The van der Waals surface area contributed by atoms with Crippen LogP contribution in [0.3, 0.4) is 0 Å². The molecule has 8 nitrogen and oxygen atoms in total. The first-order chi connectivity index (χ1) is 17.8. The molecule has 0 unspecified atom stereocenters. The minimum absolute atomic E-state index is 0.0684. The Hall–Kier alpha value is -3.66. The molecule has 3 heterocycles. The number of hydrogen-bond acceptors (Lipinski definition) is 6. The lowest BCUT2D eigenvalue weighted by molar-refractivity contribution is -0.132. The minimum atomic E-state index is -3.73. The quantitative estimate of drug-likeness (QED) is 0.532. The lowest BCUT2D eigenvalue weighted by Crippen LogP contribution is -2.55. The molecule has 1 fully saturated rings. The van der Waals surface area contributed by atoms with Crippen molar-refractivity contribution in [2.45, 2.75) is 30.7 Å². The van der Waals surface area contributed by atoms with E-state index in [-0.39, 0.29) is 28.5 Å². The molecule has 2 aliphatic rings. The fourth-order valence-electron chi connectivity index (χ4n) is 5.04. The van der Waals surface area contributed by atoms with Gasteiger partial charge in [-0.1, -0.05) is 6.07 Å². The number of nitrogens with one attached hydrogen (secondary N) is 1. The Labute approximate surface area is 216 Å². The number of sulfonamides is 1. The number of halogens is 1. The maximum absolute atomic E-state index is 13.7. The largest absolute Gasteiger partial charge is 0.368 e. The van der Waals surface area contributed by atoms with Gasteiger partial charge in [0.1, 0.15) is 17.7 Å². The van der Waals surface area contributed by atoms with Gasteiger partial charge in [-0.05, 0) is 79.9 Å². The molecule has 37 heavy (non-hydrogen) atoms. The van der Waals surface area contributed by atoms with Crippen LogP contribution in [-0.2, 0) is 21.2 Å². The van der Waals surface area contributed by atoms with Gasteiger partial charge in [0.2, 0.25) is 5.91 Å². The van der Waals surface area contributed by atoms with Crippen molar-refractivity contribution in [3.05, 3.63) is 78.2 Å². The normalized spacial score (nSPS) is 16.8. The highest BCUT2D eigenvalue weighted by Gasteiger charge is 2.31.